The summed E-state index contributed by atoms with van der Waals surface area (Å²) in [7, 11) is 1.58. The minimum absolute atomic E-state index is 0.0103. The van der Waals surface area contributed by atoms with Gasteiger partial charge in [-0.25, -0.2) is 8.78 Å². The third-order valence-corrected chi connectivity index (χ3v) is 3.98. The number of amides is 2. The van der Waals surface area contributed by atoms with Crippen molar-refractivity contribution in [3.8, 4) is 11.5 Å². The summed E-state index contributed by atoms with van der Waals surface area (Å²) in [6.45, 7) is 2.46. The molecule has 2 rings (SSSR count). The molecular weight excluding hydrogens is 370 g/mol. The second kappa shape index (κ2) is 10.2. The summed E-state index contributed by atoms with van der Waals surface area (Å²) in [5.74, 6) is -1.45. The zero-order valence-electron chi connectivity index (χ0n) is 15.7. The zero-order chi connectivity index (χ0) is 20.5. The molecule has 2 aromatic rings. The summed E-state index contributed by atoms with van der Waals surface area (Å²) in [6.07, 6.45) is 0. The molecule has 0 bridgehead atoms. The maximum atomic E-state index is 13.2. The van der Waals surface area contributed by atoms with Crippen molar-refractivity contribution < 1.29 is 27.8 Å². The van der Waals surface area contributed by atoms with Crippen molar-refractivity contribution in [1.82, 2.24) is 10.2 Å². The highest BCUT2D eigenvalue weighted by Crippen LogP contribution is 2.16. The van der Waals surface area contributed by atoms with Gasteiger partial charge in [0, 0.05) is 25.6 Å². The number of benzene rings is 2. The van der Waals surface area contributed by atoms with E-state index >= 15 is 0 Å². The molecule has 0 aromatic heterocycles. The predicted molar refractivity (Wildman–Crippen MR) is 99.4 cm³/mol. The highest BCUT2D eigenvalue weighted by molar-refractivity contribution is 5.94. The van der Waals surface area contributed by atoms with E-state index in [1.807, 2.05) is 0 Å². The van der Waals surface area contributed by atoms with Crippen molar-refractivity contribution in [2.24, 2.45) is 0 Å². The molecule has 0 spiro atoms. The lowest BCUT2D eigenvalue weighted by atomic mass is 10.2. The van der Waals surface area contributed by atoms with Crippen molar-refractivity contribution in [3.63, 3.8) is 0 Å². The minimum atomic E-state index is -1.09. The third kappa shape index (κ3) is 6.22. The van der Waals surface area contributed by atoms with E-state index in [0.717, 1.165) is 17.9 Å². The number of nitrogens with one attached hydrogen (secondary N) is 1. The largest absolute Gasteiger partial charge is 0.497 e. The van der Waals surface area contributed by atoms with Crippen LogP contribution < -0.4 is 14.8 Å². The molecule has 0 atom stereocenters. The lowest BCUT2D eigenvalue weighted by Crippen LogP contribution is -2.39. The molecule has 0 radical (unpaired) electrons. The van der Waals surface area contributed by atoms with Crippen LogP contribution in [0.15, 0.2) is 42.5 Å². The summed E-state index contributed by atoms with van der Waals surface area (Å²) in [4.78, 5) is 25.2. The molecule has 1 N–H and O–H groups in total. The Morgan fingerprint density at radius 3 is 2.29 bits per heavy atom. The van der Waals surface area contributed by atoms with Gasteiger partial charge >= 0.3 is 0 Å². The number of carbonyl (C=O) groups excluding carboxylic acids is 2. The van der Waals surface area contributed by atoms with Crippen LogP contribution in [-0.4, -0.2) is 50.1 Å². The van der Waals surface area contributed by atoms with E-state index in [0.29, 0.717) is 12.3 Å². The smallest absolute Gasteiger partial charge is 0.251 e. The van der Waals surface area contributed by atoms with Gasteiger partial charge in [-0.1, -0.05) is 0 Å². The van der Waals surface area contributed by atoms with Crippen LogP contribution >= 0.6 is 0 Å². The number of carbonyl (C=O) groups is 2. The monoisotopic (exact) mass is 392 g/mol. The number of hydrogen-bond acceptors (Lipinski definition) is 4. The van der Waals surface area contributed by atoms with Crippen molar-refractivity contribution in [2.45, 2.75) is 6.92 Å². The number of ether oxygens (including phenoxy) is 2. The first-order valence-electron chi connectivity index (χ1n) is 8.66. The molecule has 0 aliphatic carbocycles. The minimum Gasteiger partial charge on any atom is -0.497 e. The predicted octanol–water partition coefficient (Wildman–Crippen LogP) is 2.63. The maximum Gasteiger partial charge on any atom is 0.251 e. The number of nitrogens with zero attached hydrogens (tertiary/aromatic N) is 1. The summed E-state index contributed by atoms with van der Waals surface area (Å²) >= 11 is 0. The first-order valence-corrected chi connectivity index (χ1v) is 8.66. The first kappa shape index (κ1) is 21.1. The second-order valence-corrected chi connectivity index (χ2v) is 5.91. The lowest BCUT2D eigenvalue weighted by Gasteiger charge is -2.21. The van der Waals surface area contributed by atoms with Gasteiger partial charge in [-0.05, 0) is 42.5 Å². The maximum absolute atomic E-state index is 13.2. The molecule has 28 heavy (non-hydrogen) atoms. The highest BCUT2D eigenvalue weighted by Gasteiger charge is 2.12. The molecule has 2 aromatic carbocycles. The molecule has 0 aliphatic heterocycles. The van der Waals surface area contributed by atoms with Gasteiger partial charge in [-0.3, -0.25) is 9.59 Å². The molecule has 6 nitrogen and oxygen atoms in total. The lowest BCUT2D eigenvalue weighted by molar-refractivity contribution is -0.129. The van der Waals surface area contributed by atoms with Crippen LogP contribution in [0.2, 0.25) is 0 Å². The average molecular weight is 392 g/mol. The fourth-order valence-electron chi connectivity index (χ4n) is 2.42. The van der Waals surface area contributed by atoms with Crippen LogP contribution in [-0.2, 0) is 4.79 Å². The normalized spacial score (nSPS) is 10.3. The van der Waals surface area contributed by atoms with E-state index in [1.54, 1.807) is 31.4 Å². The van der Waals surface area contributed by atoms with E-state index in [-0.39, 0.29) is 31.2 Å². The third-order valence-electron chi connectivity index (χ3n) is 3.98. The van der Waals surface area contributed by atoms with Gasteiger partial charge in [-0.2, -0.15) is 0 Å². The average Bonchev–Trinajstić information content (AvgIpc) is 2.69. The van der Waals surface area contributed by atoms with E-state index in [2.05, 4.69) is 5.32 Å². The summed E-state index contributed by atoms with van der Waals surface area (Å²) in [6, 6.07) is 9.98. The second-order valence-electron chi connectivity index (χ2n) is 5.91. The van der Waals surface area contributed by atoms with Gasteiger partial charge < -0.3 is 19.7 Å². The molecule has 8 heteroatoms. The molecule has 0 saturated carbocycles. The topological polar surface area (TPSA) is 67.9 Å². The molecular formula is C20H22F2N2O4. The van der Waals surface area contributed by atoms with Gasteiger partial charge in [0.2, 0.25) is 5.91 Å². The van der Waals surface area contributed by atoms with Gasteiger partial charge in [-0.15, -0.1) is 0 Å². The molecule has 0 saturated heterocycles. The Morgan fingerprint density at radius 1 is 1.00 bits per heavy atom. The van der Waals surface area contributed by atoms with E-state index < -0.39 is 17.5 Å². The Morgan fingerprint density at radius 2 is 1.68 bits per heavy atom. The Balaban J connectivity index is 1.77. The number of hydrogen-bond donors (Lipinski definition) is 1. The Labute approximate surface area is 162 Å². The van der Waals surface area contributed by atoms with Gasteiger partial charge in [0.1, 0.15) is 18.1 Å². The Kier molecular flexibility index (Phi) is 7.74. The van der Waals surface area contributed by atoms with Gasteiger partial charge in [0.15, 0.2) is 11.6 Å². The summed E-state index contributed by atoms with van der Waals surface area (Å²) < 4.78 is 36.8. The fourth-order valence-corrected chi connectivity index (χ4v) is 2.42. The standard InChI is InChI=1S/C20H22F2N2O4/c1-14(25)24(11-12-28-17-6-4-16(27-2)5-7-17)10-9-23-20(26)15-3-8-18(21)19(22)13-15/h3-8,13H,9-12H2,1-2H3,(H,23,26). The van der Waals surface area contributed by atoms with Crippen molar-refractivity contribution in [3.05, 3.63) is 59.7 Å². The molecule has 0 fully saturated rings. The van der Waals surface area contributed by atoms with Crippen LogP contribution in [0.1, 0.15) is 17.3 Å². The molecule has 150 valence electrons. The Bertz CT molecular complexity index is 812. The zero-order valence-corrected chi connectivity index (χ0v) is 15.7. The van der Waals surface area contributed by atoms with Gasteiger partial charge in [0.05, 0.1) is 13.7 Å². The molecule has 0 aliphatic rings. The van der Waals surface area contributed by atoms with Crippen molar-refractivity contribution in [2.75, 3.05) is 33.4 Å². The van der Waals surface area contributed by atoms with Crippen LogP contribution in [0.5, 0.6) is 11.5 Å². The molecule has 0 heterocycles. The van der Waals surface area contributed by atoms with Crippen LogP contribution in [0.4, 0.5) is 8.78 Å². The first-order chi connectivity index (χ1) is 13.4. The number of halogens is 2. The van der Waals surface area contributed by atoms with E-state index in [1.165, 1.54) is 17.9 Å². The van der Waals surface area contributed by atoms with Crippen LogP contribution in [0.3, 0.4) is 0 Å². The van der Waals surface area contributed by atoms with E-state index in [9.17, 15) is 18.4 Å². The van der Waals surface area contributed by atoms with Crippen LogP contribution in [0.25, 0.3) is 0 Å². The van der Waals surface area contributed by atoms with Crippen molar-refractivity contribution >= 4 is 11.8 Å². The Hall–Kier alpha value is -3.16. The molecule has 2 amide bonds. The number of methoxy groups -OCH3 is 1. The quantitative estimate of drug-likeness (QED) is 0.713. The van der Waals surface area contributed by atoms with Crippen molar-refractivity contribution in [1.29, 1.82) is 0 Å². The number of rotatable bonds is 9. The SMILES string of the molecule is COc1ccc(OCCN(CCNC(=O)c2ccc(F)c(F)c2)C(C)=O)cc1. The highest BCUT2D eigenvalue weighted by atomic mass is 19.2. The van der Waals surface area contributed by atoms with Crippen LogP contribution in [0, 0.1) is 11.6 Å². The molecule has 0 unspecified atom stereocenters. The summed E-state index contributed by atoms with van der Waals surface area (Å²) in [5, 5.41) is 2.58. The van der Waals surface area contributed by atoms with Gasteiger partial charge in [0.25, 0.3) is 5.91 Å². The van der Waals surface area contributed by atoms with E-state index in [4.69, 9.17) is 9.47 Å². The fraction of sp³-hybridized carbons (Fsp3) is 0.300. The summed E-state index contributed by atoms with van der Waals surface area (Å²) in [5.41, 5.74) is 0.0103.